The molecular formula is C30H27NO2. The van der Waals surface area contributed by atoms with Crippen molar-refractivity contribution in [1.29, 1.82) is 0 Å². The second-order valence-electron chi connectivity index (χ2n) is 8.59. The van der Waals surface area contributed by atoms with Crippen LogP contribution in [0.25, 0.3) is 0 Å². The highest BCUT2D eigenvalue weighted by Gasteiger charge is 2.34. The molecule has 0 spiro atoms. The minimum Gasteiger partial charge on any atom is -0.497 e. The van der Waals surface area contributed by atoms with E-state index in [1.54, 1.807) is 7.11 Å². The average Bonchev–Trinajstić information content (AvgIpc) is 3.25. The number of anilines is 1. The van der Waals surface area contributed by atoms with Gasteiger partial charge in [-0.05, 0) is 64.4 Å². The molecule has 1 N–H and O–H groups in total. The summed E-state index contributed by atoms with van der Waals surface area (Å²) in [5.74, 6) is 1.52. The summed E-state index contributed by atoms with van der Waals surface area (Å²) in [6.07, 6.45) is 1.39. The van der Waals surface area contributed by atoms with Gasteiger partial charge in [-0.1, -0.05) is 78.9 Å². The molecule has 0 radical (unpaired) electrons. The lowest BCUT2D eigenvalue weighted by Crippen LogP contribution is -2.14. The standard InChI is InChI=1S/C30H27NO2/c1-33-26-17-13-22(14-18-26)28-20-24-9-5-6-10-27(24)30(28)23-11-15-25(16-12-23)31-29(32)19-21-7-3-2-4-8-21/h2-18,28,30H,19-20H2,1H3,(H,31,32). The highest BCUT2D eigenvalue weighted by molar-refractivity contribution is 5.92. The van der Waals surface area contributed by atoms with Crippen LogP contribution in [0.3, 0.4) is 0 Å². The summed E-state index contributed by atoms with van der Waals surface area (Å²) < 4.78 is 5.35. The van der Waals surface area contributed by atoms with E-state index in [1.807, 2.05) is 54.6 Å². The molecule has 0 saturated heterocycles. The Morgan fingerprint density at radius 1 is 0.818 bits per heavy atom. The summed E-state index contributed by atoms with van der Waals surface area (Å²) in [5, 5.41) is 3.03. The Labute approximate surface area is 195 Å². The summed E-state index contributed by atoms with van der Waals surface area (Å²) in [4.78, 5) is 12.5. The molecule has 1 aliphatic carbocycles. The smallest absolute Gasteiger partial charge is 0.228 e. The van der Waals surface area contributed by atoms with Crippen LogP contribution >= 0.6 is 0 Å². The predicted molar refractivity (Wildman–Crippen MR) is 133 cm³/mol. The zero-order valence-corrected chi connectivity index (χ0v) is 18.7. The average molecular weight is 434 g/mol. The summed E-state index contributed by atoms with van der Waals surface area (Å²) in [7, 11) is 1.70. The number of fused-ring (bicyclic) bond motifs is 1. The molecule has 0 saturated carbocycles. The SMILES string of the molecule is COc1ccc(C2Cc3ccccc3C2c2ccc(NC(=O)Cc3ccccc3)cc2)cc1. The number of carbonyl (C=O) groups is 1. The van der Waals surface area contributed by atoms with Crippen LogP contribution in [0.4, 0.5) is 5.69 Å². The Balaban J connectivity index is 1.38. The van der Waals surface area contributed by atoms with Crippen LogP contribution in [-0.4, -0.2) is 13.0 Å². The van der Waals surface area contributed by atoms with Gasteiger partial charge in [0.15, 0.2) is 0 Å². The third kappa shape index (κ3) is 4.54. The fraction of sp³-hybridized carbons (Fsp3) is 0.167. The van der Waals surface area contributed by atoms with Crippen molar-refractivity contribution in [3.8, 4) is 5.75 Å². The zero-order valence-electron chi connectivity index (χ0n) is 18.7. The van der Waals surface area contributed by atoms with Crippen molar-refractivity contribution in [3.63, 3.8) is 0 Å². The summed E-state index contributed by atoms with van der Waals surface area (Å²) >= 11 is 0. The largest absolute Gasteiger partial charge is 0.497 e. The van der Waals surface area contributed by atoms with E-state index < -0.39 is 0 Å². The van der Waals surface area contributed by atoms with Gasteiger partial charge in [-0.2, -0.15) is 0 Å². The molecule has 5 rings (SSSR count). The van der Waals surface area contributed by atoms with Crippen molar-refractivity contribution in [1.82, 2.24) is 0 Å². The van der Waals surface area contributed by atoms with Gasteiger partial charge in [0.05, 0.1) is 13.5 Å². The minimum atomic E-state index is -0.00345. The molecule has 0 heterocycles. The zero-order chi connectivity index (χ0) is 22.6. The molecule has 33 heavy (non-hydrogen) atoms. The molecule has 3 nitrogen and oxygen atoms in total. The molecule has 164 valence electrons. The van der Waals surface area contributed by atoms with Gasteiger partial charge in [-0.3, -0.25) is 4.79 Å². The Morgan fingerprint density at radius 3 is 2.21 bits per heavy atom. The normalized spacial score (nSPS) is 16.8. The fourth-order valence-corrected chi connectivity index (χ4v) is 4.93. The van der Waals surface area contributed by atoms with Gasteiger partial charge >= 0.3 is 0 Å². The Bertz CT molecular complexity index is 1230. The molecule has 0 aromatic heterocycles. The van der Waals surface area contributed by atoms with Crippen molar-refractivity contribution in [2.75, 3.05) is 12.4 Å². The molecule has 2 unspecified atom stereocenters. The Hall–Kier alpha value is -3.85. The third-order valence-electron chi connectivity index (χ3n) is 6.54. The Kier molecular flexibility index (Phi) is 5.95. The summed E-state index contributed by atoms with van der Waals surface area (Å²) in [5.41, 5.74) is 7.21. The lowest BCUT2D eigenvalue weighted by Gasteiger charge is -2.22. The van der Waals surface area contributed by atoms with Gasteiger partial charge in [0.1, 0.15) is 5.75 Å². The van der Waals surface area contributed by atoms with Crippen molar-refractivity contribution in [2.24, 2.45) is 0 Å². The number of hydrogen-bond donors (Lipinski definition) is 1. The fourth-order valence-electron chi connectivity index (χ4n) is 4.93. The van der Waals surface area contributed by atoms with E-state index in [0.29, 0.717) is 12.3 Å². The lowest BCUT2D eigenvalue weighted by atomic mass is 9.82. The van der Waals surface area contributed by atoms with E-state index in [1.165, 1.54) is 22.3 Å². The third-order valence-corrected chi connectivity index (χ3v) is 6.54. The maximum absolute atomic E-state index is 12.5. The quantitative estimate of drug-likeness (QED) is 0.385. The molecule has 1 amide bonds. The first-order valence-corrected chi connectivity index (χ1v) is 11.4. The predicted octanol–water partition coefficient (Wildman–Crippen LogP) is 6.35. The van der Waals surface area contributed by atoms with Crippen LogP contribution in [0.5, 0.6) is 5.75 Å². The highest BCUT2D eigenvalue weighted by Crippen LogP contribution is 2.48. The number of rotatable bonds is 6. The minimum absolute atomic E-state index is 0.00345. The van der Waals surface area contributed by atoms with Gasteiger partial charge in [0.2, 0.25) is 5.91 Å². The number of carbonyl (C=O) groups excluding carboxylic acids is 1. The van der Waals surface area contributed by atoms with E-state index in [2.05, 4.69) is 53.8 Å². The first-order valence-electron chi connectivity index (χ1n) is 11.4. The molecule has 4 aromatic carbocycles. The molecule has 4 aromatic rings. The van der Waals surface area contributed by atoms with Gasteiger partial charge in [0, 0.05) is 11.6 Å². The topological polar surface area (TPSA) is 38.3 Å². The van der Waals surface area contributed by atoms with Gasteiger partial charge in [-0.25, -0.2) is 0 Å². The summed E-state index contributed by atoms with van der Waals surface area (Å²) in [6.45, 7) is 0. The maximum Gasteiger partial charge on any atom is 0.228 e. The van der Waals surface area contributed by atoms with Crippen LogP contribution < -0.4 is 10.1 Å². The molecule has 0 aliphatic heterocycles. The van der Waals surface area contributed by atoms with Gasteiger partial charge in [-0.15, -0.1) is 0 Å². The monoisotopic (exact) mass is 433 g/mol. The number of hydrogen-bond acceptors (Lipinski definition) is 2. The number of benzene rings is 4. The first kappa shape index (κ1) is 21.0. The van der Waals surface area contributed by atoms with E-state index >= 15 is 0 Å². The maximum atomic E-state index is 12.5. The number of amides is 1. The van der Waals surface area contributed by atoms with Crippen molar-refractivity contribution in [3.05, 3.63) is 131 Å². The van der Waals surface area contributed by atoms with Crippen LogP contribution in [0.1, 0.15) is 39.7 Å². The van der Waals surface area contributed by atoms with Crippen LogP contribution in [0.15, 0.2) is 103 Å². The number of ether oxygens (including phenoxy) is 1. The van der Waals surface area contributed by atoms with Crippen LogP contribution in [0.2, 0.25) is 0 Å². The first-order chi connectivity index (χ1) is 16.2. The van der Waals surface area contributed by atoms with Gasteiger partial charge < -0.3 is 10.1 Å². The number of nitrogens with one attached hydrogen (secondary N) is 1. The molecule has 0 fully saturated rings. The van der Waals surface area contributed by atoms with Crippen molar-refractivity contribution >= 4 is 11.6 Å². The van der Waals surface area contributed by atoms with Gasteiger partial charge in [0.25, 0.3) is 0 Å². The van der Waals surface area contributed by atoms with E-state index in [9.17, 15) is 4.79 Å². The molecule has 0 bridgehead atoms. The van der Waals surface area contributed by atoms with Crippen LogP contribution in [-0.2, 0) is 17.6 Å². The molecule has 1 aliphatic rings. The number of methoxy groups -OCH3 is 1. The molecule has 2 atom stereocenters. The van der Waals surface area contributed by atoms with Crippen molar-refractivity contribution < 1.29 is 9.53 Å². The van der Waals surface area contributed by atoms with E-state index in [-0.39, 0.29) is 11.8 Å². The second kappa shape index (κ2) is 9.33. The Morgan fingerprint density at radius 2 is 1.48 bits per heavy atom. The second-order valence-corrected chi connectivity index (χ2v) is 8.59. The summed E-state index contributed by atoms with van der Waals surface area (Å²) in [6, 6.07) is 35.3. The lowest BCUT2D eigenvalue weighted by molar-refractivity contribution is -0.115. The highest BCUT2D eigenvalue weighted by atomic mass is 16.5. The molecule has 3 heteroatoms. The van der Waals surface area contributed by atoms with E-state index in [0.717, 1.165) is 23.4 Å². The van der Waals surface area contributed by atoms with Crippen molar-refractivity contribution in [2.45, 2.75) is 24.7 Å². The van der Waals surface area contributed by atoms with E-state index in [4.69, 9.17) is 4.74 Å². The van der Waals surface area contributed by atoms with Crippen LogP contribution in [0, 0.1) is 0 Å². The molecular weight excluding hydrogens is 406 g/mol.